The van der Waals surface area contributed by atoms with Crippen molar-refractivity contribution >= 4 is 17.5 Å². The van der Waals surface area contributed by atoms with Gasteiger partial charge in [-0.25, -0.2) is 0 Å². The van der Waals surface area contributed by atoms with E-state index < -0.39 is 6.10 Å². The highest BCUT2D eigenvalue weighted by Gasteiger charge is 2.46. The first kappa shape index (κ1) is 21.9. The van der Waals surface area contributed by atoms with E-state index in [4.69, 9.17) is 9.47 Å². The lowest BCUT2D eigenvalue weighted by molar-refractivity contribution is -0.142. The van der Waals surface area contributed by atoms with Crippen LogP contribution in [-0.4, -0.2) is 46.8 Å². The number of nitrogens with zero attached hydrogens (tertiary/aromatic N) is 1. The number of rotatable bonds is 8. The predicted octanol–water partition coefficient (Wildman–Crippen LogP) is 2.52. The van der Waals surface area contributed by atoms with Crippen LogP contribution in [-0.2, 0) is 20.9 Å². The van der Waals surface area contributed by atoms with Crippen LogP contribution >= 0.6 is 0 Å². The zero-order valence-corrected chi connectivity index (χ0v) is 18.4. The largest absolute Gasteiger partial charge is 0.487 e. The predicted molar refractivity (Wildman–Crippen MR) is 121 cm³/mol. The van der Waals surface area contributed by atoms with Crippen molar-refractivity contribution in [2.45, 2.75) is 62.9 Å². The minimum absolute atomic E-state index is 0.0141. The molecule has 2 aliphatic heterocycles. The molecule has 3 heterocycles. The van der Waals surface area contributed by atoms with Crippen molar-refractivity contribution in [1.82, 2.24) is 10.3 Å². The van der Waals surface area contributed by atoms with E-state index in [9.17, 15) is 14.7 Å². The fourth-order valence-corrected chi connectivity index (χ4v) is 4.73. The number of hydrogen-bond donors (Lipinski definition) is 3. The number of anilines is 1. The van der Waals surface area contributed by atoms with E-state index in [1.165, 1.54) is 0 Å². The van der Waals surface area contributed by atoms with E-state index in [0.29, 0.717) is 25.3 Å². The average Bonchev–Trinajstić information content (AvgIpc) is 3.56. The zero-order valence-electron chi connectivity index (χ0n) is 18.4. The lowest BCUT2D eigenvalue weighted by Gasteiger charge is -2.37. The minimum Gasteiger partial charge on any atom is -0.487 e. The molecule has 0 spiro atoms. The van der Waals surface area contributed by atoms with Crippen LogP contribution in [0, 0.1) is 5.92 Å². The van der Waals surface area contributed by atoms with E-state index in [0.717, 1.165) is 35.5 Å². The highest BCUT2D eigenvalue weighted by molar-refractivity contribution is 5.91. The Morgan fingerprint density at radius 2 is 2.00 bits per heavy atom. The van der Waals surface area contributed by atoms with Gasteiger partial charge in [-0.2, -0.15) is 0 Å². The van der Waals surface area contributed by atoms with E-state index in [-0.39, 0.29) is 43.0 Å². The number of fused-ring (bicyclic) bond motifs is 3. The van der Waals surface area contributed by atoms with Gasteiger partial charge in [0.2, 0.25) is 11.8 Å². The van der Waals surface area contributed by atoms with E-state index in [1.807, 2.05) is 36.4 Å². The molecule has 0 bridgehead atoms. The van der Waals surface area contributed by atoms with E-state index >= 15 is 0 Å². The molecule has 1 aliphatic carbocycles. The third-order valence-corrected chi connectivity index (χ3v) is 6.56. The Bertz CT molecular complexity index is 1010. The molecule has 8 heteroatoms. The number of benzene rings is 1. The first-order valence-electron chi connectivity index (χ1n) is 11.6. The van der Waals surface area contributed by atoms with Crippen LogP contribution < -0.4 is 15.4 Å². The summed E-state index contributed by atoms with van der Waals surface area (Å²) in [5, 5.41) is 15.8. The normalized spacial score (nSPS) is 25.5. The number of carbonyl (C=O) groups excluding carboxylic acids is 2. The van der Waals surface area contributed by atoms with E-state index in [1.54, 1.807) is 6.20 Å². The Balaban J connectivity index is 1.24. The molecule has 1 saturated heterocycles. The summed E-state index contributed by atoms with van der Waals surface area (Å²) in [4.78, 5) is 29.0. The molecule has 1 aromatic carbocycles. The van der Waals surface area contributed by atoms with Gasteiger partial charge in [-0.05, 0) is 55.5 Å². The molecular weight excluding hydrogens is 422 g/mol. The van der Waals surface area contributed by atoms with Crippen molar-refractivity contribution < 1.29 is 24.2 Å². The average molecular weight is 452 g/mol. The summed E-state index contributed by atoms with van der Waals surface area (Å²) in [7, 11) is 0. The summed E-state index contributed by atoms with van der Waals surface area (Å²) in [6, 6.07) is 11.2. The van der Waals surface area contributed by atoms with Crippen LogP contribution in [0.15, 0.2) is 42.6 Å². The monoisotopic (exact) mass is 451 g/mol. The third-order valence-electron chi connectivity index (χ3n) is 6.56. The number of pyridine rings is 1. The molecule has 3 N–H and O–H groups in total. The molecule has 8 nitrogen and oxygen atoms in total. The molecule has 0 unspecified atom stereocenters. The van der Waals surface area contributed by atoms with Gasteiger partial charge in [-0.1, -0.05) is 6.07 Å². The number of aliphatic hydroxyl groups is 1. The second-order valence-electron chi connectivity index (χ2n) is 9.15. The summed E-state index contributed by atoms with van der Waals surface area (Å²) in [6.45, 7) is 0.171. The molecule has 33 heavy (non-hydrogen) atoms. The standard InChI is InChI=1S/C25H29N3O5/c29-14-22-25-20(11-18(32-22)12-23(30)27-13-17-3-1-2-8-26-17)19-10-16(6-7-21(19)33-25)28-24(31)9-15-4-5-15/h1-3,6-8,10,15,18,20,22,25,29H,4-5,9,11-14H2,(H,27,30)(H,28,31)/t18-,20+,22+,25-/m0/s1. The van der Waals surface area contributed by atoms with Gasteiger partial charge in [-0.3, -0.25) is 14.6 Å². The molecule has 1 saturated carbocycles. The van der Waals surface area contributed by atoms with Gasteiger partial charge in [0.25, 0.3) is 0 Å². The summed E-state index contributed by atoms with van der Waals surface area (Å²) in [5.74, 6) is 1.17. The maximum absolute atomic E-state index is 12.5. The molecule has 2 aromatic rings. The van der Waals surface area contributed by atoms with Crippen molar-refractivity contribution in [3.05, 3.63) is 53.9 Å². The van der Waals surface area contributed by atoms with Crippen LogP contribution in [0.4, 0.5) is 5.69 Å². The quantitative estimate of drug-likeness (QED) is 0.569. The highest BCUT2D eigenvalue weighted by atomic mass is 16.6. The third kappa shape index (κ3) is 5.17. The lowest BCUT2D eigenvalue weighted by Crippen LogP contribution is -2.47. The first-order valence-corrected chi connectivity index (χ1v) is 11.6. The maximum Gasteiger partial charge on any atom is 0.224 e. The van der Waals surface area contributed by atoms with Gasteiger partial charge in [0.15, 0.2) is 0 Å². The van der Waals surface area contributed by atoms with Crippen LogP contribution in [0.3, 0.4) is 0 Å². The van der Waals surface area contributed by atoms with Crippen LogP contribution in [0.2, 0.25) is 0 Å². The lowest BCUT2D eigenvalue weighted by atomic mass is 9.84. The number of hydrogen-bond acceptors (Lipinski definition) is 6. The number of amides is 2. The molecule has 3 aliphatic rings. The van der Waals surface area contributed by atoms with Crippen molar-refractivity contribution in [3.63, 3.8) is 0 Å². The SMILES string of the molecule is O=C(C[C@@H]1C[C@@H]2c3cc(NC(=O)CC4CC4)ccc3O[C@@H]2[C@@H](CO)O1)NCc1ccccn1. The number of ether oxygens (including phenoxy) is 2. The van der Waals surface area contributed by atoms with Gasteiger partial charge in [-0.15, -0.1) is 0 Å². The molecule has 4 atom stereocenters. The molecule has 174 valence electrons. The Kier molecular flexibility index (Phi) is 6.28. The highest BCUT2D eigenvalue weighted by Crippen LogP contribution is 2.47. The van der Waals surface area contributed by atoms with Crippen LogP contribution in [0.1, 0.15) is 49.3 Å². The summed E-state index contributed by atoms with van der Waals surface area (Å²) >= 11 is 0. The first-order chi connectivity index (χ1) is 16.1. The summed E-state index contributed by atoms with van der Waals surface area (Å²) in [6.07, 6.45) is 4.16. The van der Waals surface area contributed by atoms with Crippen molar-refractivity contribution in [3.8, 4) is 5.75 Å². The van der Waals surface area contributed by atoms with Crippen molar-refractivity contribution in [2.75, 3.05) is 11.9 Å². The van der Waals surface area contributed by atoms with E-state index in [2.05, 4.69) is 15.6 Å². The van der Waals surface area contributed by atoms with Gasteiger partial charge >= 0.3 is 0 Å². The van der Waals surface area contributed by atoms with Crippen LogP contribution in [0.5, 0.6) is 5.75 Å². The maximum atomic E-state index is 12.5. The number of carbonyl (C=O) groups is 2. The van der Waals surface area contributed by atoms with Crippen LogP contribution in [0.25, 0.3) is 0 Å². The Morgan fingerprint density at radius 1 is 1.12 bits per heavy atom. The molecular formula is C25H29N3O5. The molecule has 0 radical (unpaired) electrons. The van der Waals surface area contributed by atoms with Gasteiger partial charge in [0, 0.05) is 29.8 Å². The fraction of sp³-hybridized carbons (Fsp3) is 0.480. The number of nitrogens with one attached hydrogen (secondary N) is 2. The smallest absolute Gasteiger partial charge is 0.224 e. The Labute approximate surface area is 192 Å². The fourth-order valence-electron chi connectivity index (χ4n) is 4.73. The van der Waals surface area contributed by atoms with Crippen molar-refractivity contribution in [2.24, 2.45) is 5.92 Å². The second-order valence-corrected chi connectivity index (χ2v) is 9.15. The number of aliphatic hydroxyl groups excluding tert-OH is 1. The Morgan fingerprint density at radius 3 is 2.76 bits per heavy atom. The molecule has 5 rings (SSSR count). The topological polar surface area (TPSA) is 110 Å². The summed E-state index contributed by atoms with van der Waals surface area (Å²) in [5.41, 5.74) is 2.53. The molecule has 2 fully saturated rings. The van der Waals surface area contributed by atoms with Gasteiger partial charge in [0.1, 0.15) is 18.0 Å². The molecule has 1 aromatic heterocycles. The Hall–Kier alpha value is -2.97. The molecule has 2 amide bonds. The van der Waals surface area contributed by atoms with Gasteiger partial charge < -0.3 is 25.2 Å². The minimum atomic E-state index is -0.516. The zero-order chi connectivity index (χ0) is 22.8. The number of aromatic nitrogens is 1. The second kappa shape index (κ2) is 9.49. The van der Waals surface area contributed by atoms with Crippen molar-refractivity contribution in [1.29, 1.82) is 0 Å². The summed E-state index contributed by atoms with van der Waals surface area (Å²) < 4.78 is 12.1. The van der Waals surface area contributed by atoms with Gasteiger partial charge in [0.05, 0.1) is 31.4 Å².